The van der Waals surface area contributed by atoms with Crippen LogP contribution in [0.1, 0.15) is 51.1 Å². The van der Waals surface area contributed by atoms with E-state index in [1.165, 1.54) is 31.2 Å². The standard InChI is InChI=1S/C16H25NO/c1-12-5-4-6-16(11-12)18-15-9-7-14(8-10-15)13(2)17-3/h7-10,12-13,16-17H,4-6,11H2,1-3H3. The molecule has 1 fully saturated rings. The highest BCUT2D eigenvalue weighted by Crippen LogP contribution is 2.27. The Morgan fingerprint density at radius 3 is 2.56 bits per heavy atom. The Hall–Kier alpha value is -1.02. The molecule has 2 rings (SSSR count). The van der Waals surface area contributed by atoms with E-state index >= 15 is 0 Å². The molecule has 2 nitrogen and oxygen atoms in total. The van der Waals surface area contributed by atoms with E-state index in [0.29, 0.717) is 12.1 Å². The molecular weight excluding hydrogens is 222 g/mol. The van der Waals surface area contributed by atoms with Crippen LogP contribution in [-0.4, -0.2) is 13.2 Å². The molecule has 0 saturated heterocycles. The van der Waals surface area contributed by atoms with E-state index in [-0.39, 0.29) is 0 Å². The van der Waals surface area contributed by atoms with Crippen molar-refractivity contribution in [2.45, 2.75) is 51.7 Å². The molecule has 1 aromatic carbocycles. The van der Waals surface area contributed by atoms with Gasteiger partial charge in [0.25, 0.3) is 0 Å². The maximum atomic E-state index is 6.07. The van der Waals surface area contributed by atoms with Gasteiger partial charge in [0.05, 0.1) is 6.10 Å². The quantitative estimate of drug-likeness (QED) is 0.870. The highest BCUT2D eigenvalue weighted by Gasteiger charge is 2.20. The van der Waals surface area contributed by atoms with E-state index in [0.717, 1.165) is 11.7 Å². The lowest BCUT2D eigenvalue weighted by Crippen LogP contribution is -2.24. The van der Waals surface area contributed by atoms with Crippen molar-refractivity contribution in [3.63, 3.8) is 0 Å². The highest BCUT2D eigenvalue weighted by molar-refractivity contribution is 5.29. The third-order valence-corrected chi connectivity index (χ3v) is 4.00. The van der Waals surface area contributed by atoms with E-state index in [2.05, 4.69) is 43.4 Å². The number of ether oxygens (including phenoxy) is 1. The Labute approximate surface area is 111 Å². The molecule has 2 heteroatoms. The molecule has 1 aliphatic rings. The summed E-state index contributed by atoms with van der Waals surface area (Å²) in [4.78, 5) is 0. The molecule has 0 bridgehead atoms. The first-order chi connectivity index (χ1) is 8.69. The van der Waals surface area contributed by atoms with Gasteiger partial charge in [-0.3, -0.25) is 0 Å². The molecule has 100 valence electrons. The lowest BCUT2D eigenvalue weighted by molar-refractivity contribution is 0.129. The van der Waals surface area contributed by atoms with Gasteiger partial charge in [-0.05, 0) is 56.8 Å². The van der Waals surface area contributed by atoms with Crippen LogP contribution in [0.3, 0.4) is 0 Å². The summed E-state index contributed by atoms with van der Waals surface area (Å²) in [6.45, 7) is 4.49. The van der Waals surface area contributed by atoms with Crippen LogP contribution in [0, 0.1) is 5.92 Å². The van der Waals surface area contributed by atoms with Crippen LogP contribution in [0.5, 0.6) is 5.75 Å². The largest absolute Gasteiger partial charge is 0.490 e. The Balaban J connectivity index is 1.93. The van der Waals surface area contributed by atoms with E-state index in [1.807, 2.05) is 7.05 Å². The molecule has 0 aliphatic heterocycles. The first kappa shape index (κ1) is 13.4. The number of rotatable bonds is 4. The van der Waals surface area contributed by atoms with E-state index < -0.39 is 0 Å². The van der Waals surface area contributed by atoms with Crippen LogP contribution in [0.15, 0.2) is 24.3 Å². The molecule has 0 radical (unpaired) electrons. The van der Waals surface area contributed by atoms with E-state index in [9.17, 15) is 0 Å². The molecule has 1 aromatic rings. The van der Waals surface area contributed by atoms with Crippen LogP contribution < -0.4 is 10.1 Å². The summed E-state index contributed by atoms with van der Waals surface area (Å²) in [5, 5.41) is 3.25. The van der Waals surface area contributed by atoms with Crippen molar-refractivity contribution in [3.05, 3.63) is 29.8 Å². The zero-order chi connectivity index (χ0) is 13.0. The lowest BCUT2D eigenvalue weighted by Gasteiger charge is -2.27. The van der Waals surface area contributed by atoms with Gasteiger partial charge in [-0.2, -0.15) is 0 Å². The number of benzene rings is 1. The summed E-state index contributed by atoms with van der Waals surface area (Å²) in [6.07, 6.45) is 5.49. The minimum atomic E-state index is 0.397. The molecule has 0 aromatic heterocycles. The van der Waals surface area contributed by atoms with Crippen molar-refractivity contribution >= 4 is 0 Å². The minimum Gasteiger partial charge on any atom is -0.490 e. The molecular formula is C16H25NO. The maximum absolute atomic E-state index is 6.07. The molecule has 1 saturated carbocycles. The van der Waals surface area contributed by atoms with Gasteiger partial charge in [-0.15, -0.1) is 0 Å². The summed E-state index contributed by atoms with van der Waals surface area (Å²) >= 11 is 0. The number of hydrogen-bond donors (Lipinski definition) is 1. The van der Waals surface area contributed by atoms with Crippen LogP contribution >= 0.6 is 0 Å². The molecule has 0 spiro atoms. The van der Waals surface area contributed by atoms with Gasteiger partial charge in [0.1, 0.15) is 5.75 Å². The summed E-state index contributed by atoms with van der Waals surface area (Å²) in [5.74, 6) is 1.83. The van der Waals surface area contributed by atoms with Gasteiger partial charge in [0.2, 0.25) is 0 Å². The predicted molar refractivity (Wildman–Crippen MR) is 76.0 cm³/mol. The average molecular weight is 247 g/mol. The fourth-order valence-electron chi connectivity index (χ4n) is 2.68. The summed E-state index contributed by atoms with van der Waals surface area (Å²) < 4.78 is 6.07. The van der Waals surface area contributed by atoms with Gasteiger partial charge in [0.15, 0.2) is 0 Å². The zero-order valence-electron chi connectivity index (χ0n) is 11.8. The SMILES string of the molecule is CNC(C)c1ccc(OC2CCCC(C)C2)cc1. The minimum absolute atomic E-state index is 0.397. The second-order valence-electron chi connectivity index (χ2n) is 5.59. The van der Waals surface area contributed by atoms with E-state index in [1.54, 1.807) is 0 Å². The second-order valence-corrected chi connectivity index (χ2v) is 5.59. The molecule has 18 heavy (non-hydrogen) atoms. The summed E-state index contributed by atoms with van der Waals surface area (Å²) in [5.41, 5.74) is 1.31. The summed E-state index contributed by atoms with van der Waals surface area (Å²) in [7, 11) is 1.98. The van der Waals surface area contributed by atoms with Crippen molar-refractivity contribution in [2.75, 3.05) is 7.05 Å². The Morgan fingerprint density at radius 1 is 1.22 bits per heavy atom. The number of hydrogen-bond acceptors (Lipinski definition) is 2. The molecule has 0 amide bonds. The van der Waals surface area contributed by atoms with E-state index in [4.69, 9.17) is 4.74 Å². The van der Waals surface area contributed by atoms with Gasteiger partial charge >= 0.3 is 0 Å². The normalized spacial score (nSPS) is 25.7. The molecule has 1 aliphatic carbocycles. The number of nitrogens with one attached hydrogen (secondary N) is 1. The Morgan fingerprint density at radius 2 is 1.94 bits per heavy atom. The Kier molecular flexibility index (Phi) is 4.65. The van der Waals surface area contributed by atoms with Crippen molar-refractivity contribution in [1.82, 2.24) is 5.32 Å². The monoisotopic (exact) mass is 247 g/mol. The molecule has 0 heterocycles. The van der Waals surface area contributed by atoms with Gasteiger partial charge in [-0.25, -0.2) is 0 Å². The lowest BCUT2D eigenvalue weighted by atomic mass is 9.89. The van der Waals surface area contributed by atoms with Crippen molar-refractivity contribution in [3.8, 4) is 5.75 Å². The van der Waals surface area contributed by atoms with Crippen LogP contribution in [-0.2, 0) is 0 Å². The van der Waals surface area contributed by atoms with Crippen LogP contribution in [0.2, 0.25) is 0 Å². The summed E-state index contributed by atoms with van der Waals surface area (Å²) in [6, 6.07) is 8.91. The fraction of sp³-hybridized carbons (Fsp3) is 0.625. The molecule has 1 N–H and O–H groups in total. The van der Waals surface area contributed by atoms with Crippen molar-refractivity contribution < 1.29 is 4.74 Å². The first-order valence-electron chi connectivity index (χ1n) is 7.13. The third kappa shape index (κ3) is 3.49. The topological polar surface area (TPSA) is 21.3 Å². The zero-order valence-corrected chi connectivity index (χ0v) is 11.8. The fourth-order valence-corrected chi connectivity index (χ4v) is 2.68. The first-order valence-corrected chi connectivity index (χ1v) is 7.13. The van der Waals surface area contributed by atoms with Gasteiger partial charge < -0.3 is 10.1 Å². The molecule has 3 atom stereocenters. The van der Waals surface area contributed by atoms with Crippen LogP contribution in [0.25, 0.3) is 0 Å². The average Bonchev–Trinajstić information content (AvgIpc) is 2.39. The van der Waals surface area contributed by atoms with Crippen molar-refractivity contribution in [1.29, 1.82) is 0 Å². The Bertz CT molecular complexity index is 360. The third-order valence-electron chi connectivity index (χ3n) is 4.00. The smallest absolute Gasteiger partial charge is 0.119 e. The van der Waals surface area contributed by atoms with Gasteiger partial charge in [0, 0.05) is 6.04 Å². The predicted octanol–water partition coefficient (Wildman–Crippen LogP) is 3.92. The maximum Gasteiger partial charge on any atom is 0.119 e. The van der Waals surface area contributed by atoms with Crippen LogP contribution in [0.4, 0.5) is 0 Å². The molecule has 3 unspecified atom stereocenters. The highest BCUT2D eigenvalue weighted by atomic mass is 16.5. The van der Waals surface area contributed by atoms with Gasteiger partial charge in [-0.1, -0.05) is 25.5 Å². The van der Waals surface area contributed by atoms with Crippen molar-refractivity contribution in [2.24, 2.45) is 5.92 Å². The second kappa shape index (κ2) is 6.24.